The number of nitrogens with zero attached hydrogens (tertiary/aromatic N) is 1. The monoisotopic (exact) mass is 456 g/mol. The van der Waals surface area contributed by atoms with Crippen LogP contribution in [0.25, 0.3) is 0 Å². The first kappa shape index (κ1) is 23.7. The lowest BCUT2D eigenvalue weighted by molar-refractivity contribution is 0.0925. The molecule has 0 radical (unpaired) electrons. The van der Waals surface area contributed by atoms with E-state index < -0.39 is 31.0 Å². The first-order valence-electron chi connectivity index (χ1n) is 11.0. The van der Waals surface area contributed by atoms with E-state index in [4.69, 9.17) is 0 Å². The summed E-state index contributed by atoms with van der Waals surface area (Å²) in [6, 6.07) is 6.29. The summed E-state index contributed by atoms with van der Waals surface area (Å²) in [5.74, 6) is -0.139. The summed E-state index contributed by atoms with van der Waals surface area (Å²) in [4.78, 5) is 2.62. The standard InChI is InChI=1S/C22H36N2O4S2/c1-17(2)18-8-10-19(11-9-18)30(27,28)21-15-29(25,26)14-20(21)23-16-22(3,4)24-12-6-5-7-13-24/h8-11,17,20-21,23H,5-7,12-16H2,1-4H3/t20-,21-/m0/s1. The second kappa shape index (κ2) is 8.88. The number of likely N-dealkylation sites (tertiary alicyclic amines) is 1. The maximum atomic E-state index is 13.3. The molecule has 2 aliphatic rings. The fraction of sp³-hybridized carbons (Fsp3) is 0.727. The van der Waals surface area contributed by atoms with E-state index in [9.17, 15) is 16.8 Å². The number of rotatable bonds is 7. The third-order valence-corrected chi connectivity index (χ3v) is 10.7. The van der Waals surface area contributed by atoms with E-state index in [1.807, 2.05) is 12.1 Å². The molecule has 30 heavy (non-hydrogen) atoms. The minimum absolute atomic E-state index is 0.128. The summed E-state index contributed by atoms with van der Waals surface area (Å²) in [6.07, 6.45) is 3.59. The molecule has 0 spiro atoms. The maximum Gasteiger partial charge on any atom is 0.183 e. The molecule has 1 N–H and O–H groups in total. The van der Waals surface area contributed by atoms with Gasteiger partial charge >= 0.3 is 0 Å². The highest BCUT2D eigenvalue weighted by Crippen LogP contribution is 2.28. The topological polar surface area (TPSA) is 83.5 Å². The molecular weight excluding hydrogens is 420 g/mol. The Morgan fingerprint density at radius 1 is 1.07 bits per heavy atom. The van der Waals surface area contributed by atoms with Crippen LogP contribution in [0.4, 0.5) is 0 Å². The van der Waals surface area contributed by atoms with E-state index >= 15 is 0 Å². The highest BCUT2D eigenvalue weighted by molar-refractivity contribution is 7.96. The van der Waals surface area contributed by atoms with Gasteiger partial charge in [0.1, 0.15) is 0 Å². The Balaban J connectivity index is 1.78. The fourth-order valence-corrected chi connectivity index (χ4v) is 9.24. The van der Waals surface area contributed by atoms with Gasteiger partial charge in [-0.05, 0) is 63.4 Å². The molecule has 2 fully saturated rings. The minimum Gasteiger partial charge on any atom is -0.310 e. The normalized spacial score (nSPS) is 25.6. The van der Waals surface area contributed by atoms with Crippen LogP contribution in [0.2, 0.25) is 0 Å². The van der Waals surface area contributed by atoms with E-state index in [0.717, 1.165) is 18.7 Å². The van der Waals surface area contributed by atoms with Gasteiger partial charge in [0.15, 0.2) is 19.7 Å². The molecule has 2 saturated heterocycles. The molecule has 1 aromatic rings. The Labute approximate surface area is 182 Å². The van der Waals surface area contributed by atoms with Crippen molar-refractivity contribution in [2.45, 2.75) is 74.6 Å². The van der Waals surface area contributed by atoms with E-state index in [0.29, 0.717) is 12.5 Å². The van der Waals surface area contributed by atoms with Crippen LogP contribution >= 0.6 is 0 Å². The smallest absolute Gasteiger partial charge is 0.183 e. The third-order valence-electron chi connectivity index (χ3n) is 6.58. The Morgan fingerprint density at radius 3 is 2.23 bits per heavy atom. The van der Waals surface area contributed by atoms with E-state index in [-0.39, 0.29) is 21.9 Å². The zero-order chi connectivity index (χ0) is 22.2. The Hall–Kier alpha value is -0.960. The number of nitrogens with one attached hydrogen (secondary N) is 1. The molecule has 2 heterocycles. The first-order valence-corrected chi connectivity index (χ1v) is 14.3. The summed E-state index contributed by atoms with van der Waals surface area (Å²) in [5, 5.41) is 2.38. The third kappa shape index (κ3) is 5.26. The van der Waals surface area contributed by atoms with Gasteiger partial charge in [0, 0.05) is 18.1 Å². The van der Waals surface area contributed by atoms with Gasteiger partial charge < -0.3 is 5.32 Å². The van der Waals surface area contributed by atoms with Gasteiger partial charge in [-0.3, -0.25) is 4.90 Å². The molecule has 0 unspecified atom stereocenters. The van der Waals surface area contributed by atoms with E-state index in [1.165, 1.54) is 19.3 Å². The van der Waals surface area contributed by atoms with Crippen molar-refractivity contribution >= 4 is 19.7 Å². The van der Waals surface area contributed by atoms with Crippen LogP contribution in [0.3, 0.4) is 0 Å². The molecular formula is C22H36N2O4S2. The van der Waals surface area contributed by atoms with Crippen molar-refractivity contribution in [3.63, 3.8) is 0 Å². The average Bonchev–Trinajstić information content (AvgIpc) is 3.02. The lowest BCUT2D eigenvalue weighted by atomic mass is 9.98. The van der Waals surface area contributed by atoms with E-state index in [1.54, 1.807) is 12.1 Å². The lowest BCUT2D eigenvalue weighted by Crippen LogP contribution is -2.56. The zero-order valence-corrected chi connectivity index (χ0v) is 20.2. The Bertz CT molecular complexity index is 932. The maximum absolute atomic E-state index is 13.3. The molecule has 0 aromatic heterocycles. The van der Waals surface area contributed by atoms with Gasteiger partial charge in [0.05, 0.1) is 21.7 Å². The highest BCUT2D eigenvalue weighted by atomic mass is 32.2. The van der Waals surface area contributed by atoms with Gasteiger partial charge in [-0.1, -0.05) is 32.4 Å². The second-order valence-corrected chi connectivity index (χ2v) is 14.1. The molecule has 170 valence electrons. The quantitative estimate of drug-likeness (QED) is 0.679. The van der Waals surface area contributed by atoms with Gasteiger partial charge in [-0.15, -0.1) is 0 Å². The van der Waals surface area contributed by atoms with Crippen LogP contribution in [0.5, 0.6) is 0 Å². The SMILES string of the molecule is CC(C)c1ccc(S(=O)(=O)[C@H]2CS(=O)(=O)C[C@@H]2NCC(C)(C)N2CCCCC2)cc1. The average molecular weight is 457 g/mol. The summed E-state index contributed by atoms with van der Waals surface area (Å²) in [5.41, 5.74) is 0.908. The van der Waals surface area contributed by atoms with Crippen molar-refractivity contribution in [1.29, 1.82) is 0 Å². The van der Waals surface area contributed by atoms with Crippen LogP contribution in [0.15, 0.2) is 29.2 Å². The number of hydrogen-bond donors (Lipinski definition) is 1. The predicted molar refractivity (Wildman–Crippen MR) is 121 cm³/mol. The molecule has 6 nitrogen and oxygen atoms in total. The van der Waals surface area contributed by atoms with Crippen LogP contribution in [0.1, 0.15) is 58.4 Å². The lowest BCUT2D eigenvalue weighted by Gasteiger charge is -2.42. The van der Waals surface area contributed by atoms with Gasteiger partial charge in [0.2, 0.25) is 0 Å². The summed E-state index contributed by atoms with van der Waals surface area (Å²) in [7, 11) is -7.15. The summed E-state index contributed by atoms with van der Waals surface area (Å²) in [6.45, 7) is 11.0. The molecule has 8 heteroatoms. The van der Waals surface area contributed by atoms with Crippen molar-refractivity contribution in [3.05, 3.63) is 29.8 Å². The summed E-state index contributed by atoms with van der Waals surface area (Å²) < 4.78 is 51.4. The zero-order valence-electron chi connectivity index (χ0n) is 18.6. The predicted octanol–water partition coefficient (Wildman–Crippen LogP) is 2.60. The molecule has 1 aromatic carbocycles. The van der Waals surface area contributed by atoms with Crippen LogP contribution in [-0.4, -0.2) is 69.7 Å². The van der Waals surface area contributed by atoms with Crippen molar-refractivity contribution in [1.82, 2.24) is 10.2 Å². The Morgan fingerprint density at radius 2 is 1.67 bits per heavy atom. The largest absolute Gasteiger partial charge is 0.310 e. The van der Waals surface area contributed by atoms with E-state index in [2.05, 4.69) is 37.9 Å². The Kier molecular flexibility index (Phi) is 7.02. The first-order chi connectivity index (χ1) is 13.9. The summed E-state index contributed by atoms with van der Waals surface area (Å²) >= 11 is 0. The number of hydrogen-bond acceptors (Lipinski definition) is 6. The molecule has 2 aliphatic heterocycles. The fourth-order valence-electron chi connectivity index (χ4n) is 4.52. The second-order valence-electron chi connectivity index (χ2n) is 9.73. The van der Waals surface area contributed by atoms with Crippen LogP contribution in [0, 0.1) is 0 Å². The van der Waals surface area contributed by atoms with Crippen LogP contribution in [-0.2, 0) is 19.7 Å². The van der Waals surface area contributed by atoms with Crippen molar-refractivity contribution in [2.24, 2.45) is 0 Å². The van der Waals surface area contributed by atoms with Crippen molar-refractivity contribution in [2.75, 3.05) is 31.1 Å². The van der Waals surface area contributed by atoms with Crippen molar-refractivity contribution < 1.29 is 16.8 Å². The minimum atomic E-state index is -3.75. The number of benzene rings is 1. The molecule has 0 bridgehead atoms. The van der Waals surface area contributed by atoms with Gasteiger partial charge in [-0.25, -0.2) is 16.8 Å². The van der Waals surface area contributed by atoms with Gasteiger partial charge in [-0.2, -0.15) is 0 Å². The molecule has 2 atom stereocenters. The van der Waals surface area contributed by atoms with Crippen molar-refractivity contribution in [3.8, 4) is 0 Å². The number of piperidine rings is 1. The van der Waals surface area contributed by atoms with Gasteiger partial charge in [0.25, 0.3) is 0 Å². The number of sulfone groups is 2. The molecule has 0 saturated carbocycles. The molecule has 3 rings (SSSR count). The highest BCUT2D eigenvalue weighted by Gasteiger charge is 2.46. The molecule has 0 amide bonds. The molecule has 0 aliphatic carbocycles. The van der Waals surface area contributed by atoms with Crippen LogP contribution < -0.4 is 5.32 Å².